The molecule has 0 N–H and O–H groups in total. The zero-order valence-corrected chi connectivity index (χ0v) is 18.0. The first-order chi connectivity index (χ1) is 13.0. The molecule has 0 saturated heterocycles. The third kappa shape index (κ3) is 4.75. The summed E-state index contributed by atoms with van der Waals surface area (Å²) < 4.78 is 9.07. The van der Waals surface area contributed by atoms with Crippen LogP contribution < -0.4 is 4.74 Å². The van der Waals surface area contributed by atoms with Crippen molar-refractivity contribution in [3.63, 3.8) is 0 Å². The zero-order chi connectivity index (χ0) is 19.4. The van der Waals surface area contributed by atoms with Gasteiger partial charge in [-0.25, -0.2) is 9.67 Å². The maximum Gasteiger partial charge on any atom is 0.260 e. The van der Waals surface area contributed by atoms with Gasteiger partial charge in [0.1, 0.15) is 18.4 Å². The quantitative estimate of drug-likeness (QED) is 0.511. The van der Waals surface area contributed by atoms with E-state index < -0.39 is 0 Å². The Hall–Kier alpha value is -2.19. The second kappa shape index (κ2) is 8.67. The van der Waals surface area contributed by atoms with Gasteiger partial charge in [0.25, 0.3) is 5.91 Å². The number of ether oxygens (including phenoxy) is 1. The monoisotopic (exact) mass is 492 g/mol. The van der Waals surface area contributed by atoms with Gasteiger partial charge in [-0.1, -0.05) is 28.1 Å². The molecule has 0 aliphatic rings. The molecule has 0 spiro atoms. The van der Waals surface area contributed by atoms with Crippen LogP contribution in [-0.2, 0) is 4.79 Å². The highest BCUT2D eigenvalue weighted by Gasteiger charge is 2.18. The van der Waals surface area contributed by atoms with Gasteiger partial charge >= 0.3 is 0 Å². The molecule has 0 fully saturated rings. The third-order valence-corrected chi connectivity index (χ3v) is 5.39. The maximum absolute atomic E-state index is 12.5. The lowest BCUT2D eigenvalue weighted by Gasteiger charge is -2.25. The van der Waals surface area contributed by atoms with E-state index in [-0.39, 0.29) is 18.6 Å². The van der Waals surface area contributed by atoms with Crippen molar-refractivity contribution >= 4 is 37.8 Å². The number of aromatic nitrogens is 3. The number of nitrogens with zero attached hydrogens (tertiary/aromatic N) is 4. The predicted molar refractivity (Wildman–Crippen MR) is 110 cm³/mol. The van der Waals surface area contributed by atoms with Crippen LogP contribution in [0.4, 0.5) is 0 Å². The summed E-state index contributed by atoms with van der Waals surface area (Å²) in [6.07, 6.45) is 3.14. The van der Waals surface area contributed by atoms with Crippen LogP contribution in [0, 0.1) is 0 Å². The Kier molecular flexibility index (Phi) is 6.28. The average molecular weight is 494 g/mol. The van der Waals surface area contributed by atoms with E-state index in [0.717, 1.165) is 20.2 Å². The Balaban J connectivity index is 1.62. The van der Waals surface area contributed by atoms with Crippen molar-refractivity contribution in [1.29, 1.82) is 0 Å². The Labute approximate surface area is 174 Å². The van der Waals surface area contributed by atoms with E-state index in [1.165, 1.54) is 6.33 Å². The van der Waals surface area contributed by atoms with Crippen LogP contribution in [0.15, 0.2) is 64.1 Å². The summed E-state index contributed by atoms with van der Waals surface area (Å²) >= 11 is 6.82. The molecule has 6 nitrogen and oxygen atoms in total. The molecule has 2 aromatic carbocycles. The minimum atomic E-state index is -0.0994. The van der Waals surface area contributed by atoms with E-state index in [4.69, 9.17) is 4.74 Å². The van der Waals surface area contributed by atoms with Crippen LogP contribution in [-0.4, -0.2) is 39.2 Å². The van der Waals surface area contributed by atoms with Crippen molar-refractivity contribution in [2.75, 3.05) is 13.7 Å². The highest BCUT2D eigenvalue weighted by Crippen LogP contribution is 2.28. The fraction of sp³-hybridized carbons (Fsp3) is 0.211. The fourth-order valence-electron chi connectivity index (χ4n) is 2.52. The summed E-state index contributed by atoms with van der Waals surface area (Å²) in [5.41, 5.74) is 1.94. The zero-order valence-electron chi connectivity index (χ0n) is 14.8. The molecule has 0 radical (unpaired) electrons. The molecule has 140 valence electrons. The van der Waals surface area contributed by atoms with Crippen LogP contribution >= 0.6 is 31.9 Å². The molecule has 0 aliphatic carbocycles. The van der Waals surface area contributed by atoms with Gasteiger partial charge in [0.15, 0.2) is 6.61 Å². The minimum Gasteiger partial charge on any atom is -0.483 e. The van der Waals surface area contributed by atoms with Gasteiger partial charge in [-0.3, -0.25) is 4.79 Å². The van der Waals surface area contributed by atoms with Gasteiger partial charge < -0.3 is 9.64 Å². The predicted octanol–water partition coefficient (Wildman–Crippen LogP) is 4.39. The van der Waals surface area contributed by atoms with Gasteiger partial charge in [0.2, 0.25) is 0 Å². The van der Waals surface area contributed by atoms with Gasteiger partial charge in [-0.15, -0.1) is 0 Å². The molecule has 1 atom stereocenters. The van der Waals surface area contributed by atoms with Crippen molar-refractivity contribution in [2.45, 2.75) is 13.0 Å². The topological polar surface area (TPSA) is 60.2 Å². The number of amides is 1. The molecule has 1 aromatic heterocycles. The third-order valence-electron chi connectivity index (χ3n) is 4.28. The minimum absolute atomic E-state index is 0.0297. The summed E-state index contributed by atoms with van der Waals surface area (Å²) in [6, 6.07) is 13.3. The van der Waals surface area contributed by atoms with Crippen LogP contribution in [0.2, 0.25) is 0 Å². The molecule has 1 unspecified atom stereocenters. The molecular weight excluding hydrogens is 476 g/mol. The smallest absolute Gasteiger partial charge is 0.260 e. The normalized spacial score (nSPS) is 11.9. The Morgan fingerprint density at radius 2 is 1.96 bits per heavy atom. The van der Waals surface area contributed by atoms with Crippen molar-refractivity contribution < 1.29 is 9.53 Å². The highest BCUT2D eigenvalue weighted by molar-refractivity contribution is 9.11. The summed E-state index contributed by atoms with van der Waals surface area (Å²) in [6.45, 7) is 1.95. The molecule has 0 bridgehead atoms. The maximum atomic E-state index is 12.5. The molecule has 0 aliphatic heterocycles. The summed E-state index contributed by atoms with van der Waals surface area (Å²) in [5.74, 6) is 0.530. The van der Waals surface area contributed by atoms with Gasteiger partial charge in [0, 0.05) is 11.5 Å². The van der Waals surface area contributed by atoms with Gasteiger partial charge in [0.05, 0.1) is 16.2 Å². The van der Waals surface area contributed by atoms with E-state index in [1.54, 1.807) is 23.0 Å². The van der Waals surface area contributed by atoms with Crippen molar-refractivity contribution in [1.82, 2.24) is 19.7 Å². The van der Waals surface area contributed by atoms with Crippen LogP contribution in [0.3, 0.4) is 0 Å². The number of hydrogen-bond donors (Lipinski definition) is 0. The highest BCUT2D eigenvalue weighted by atomic mass is 79.9. The van der Waals surface area contributed by atoms with Crippen LogP contribution in [0.25, 0.3) is 5.69 Å². The second-order valence-corrected chi connectivity index (χ2v) is 7.75. The first-order valence-corrected chi connectivity index (χ1v) is 9.83. The molecule has 0 saturated carbocycles. The lowest BCUT2D eigenvalue weighted by Crippen LogP contribution is -2.33. The van der Waals surface area contributed by atoms with E-state index >= 15 is 0 Å². The van der Waals surface area contributed by atoms with Crippen molar-refractivity contribution in [2.24, 2.45) is 0 Å². The number of carbonyl (C=O) groups is 1. The Morgan fingerprint density at radius 3 is 2.59 bits per heavy atom. The second-order valence-electron chi connectivity index (χ2n) is 5.98. The molecular formula is C19H18Br2N4O2. The lowest BCUT2D eigenvalue weighted by molar-refractivity contribution is -0.134. The van der Waals surface area contributed by atoms with Gasteiger partial charge in [-0.2, -0.15) is 5.10 Å². The van der Waals surface area contributed by atoms with Gasteiger partial charge in [-0.05, 0) is 58.7 Å². The summed E-state index contributed by atoms with van der Waals surface area (Å²) in [5, 5.41) is 4.11. The van der Waals surface area contributed by atoms with Crippen molar-refractivity contribution in [3.8, 4) is 11.4 Å². The fourth-order valence-corrected chi connectivity index (χ4v) is 3.68. The summed E-state index contributed by atoms with van der Waals surface area (Å²) in [4.78, 5) is 18.1. The molecule has 1 amide bonds. The SMILES string of the molecule is CC(c1ccc(-n2cncn2)cc1)N(C)C(=O)COc1ccc(Br)cc1Br. The van der Waals surface area contributed by atoms with Crippen LogP contribution in [0.5, 0.6) is 5.75 Å². The van der Waals surface area contributed by atoms with E-state index in [2.05, 4.69) is 41.9 Å². The number of rotatable bonds is 6. The first-order valence-electron chi connectivity index (χ1n) is 8.24. The van der Waals surface area contributed by atoms with Crippen molar-refractivity contribution in [3.05, 3.63) is 69.6 Å². The molecule has 3 rings (SSSR count). The molecule has 8 heteroatoms. The molecule has 3 aromatic rings. The van der Waals surface area contributed by atoms with E-state index in [1.807, 2.05) is 49.4 Å². The standard InChI is InChI=1S/C19H18Br2N4O2/c1-13(14-3-6-16(7-4-14)25-12-22-11-23-25)24(2)19(26)10-27-18-8-5-15(20)9-17(18)21/h3-9,11-13H,10H2,1-2H3. The largest absolute Gasteiger partial charge is 0.483 e. The number of hydrogen-bond acceptors (Lipinski definition) is 4. The number of halogens is 2. The molecule has 27 heavy (non-hydrogen) atoms. The Morgan fingerprint density at radius 1 is 1.22 bits per heavy atom. The average Bonchev–Trinajstić information content (AvgIpc) is 3.21. The van der Waals surface area contributed by atoms with E-state index in [0.29, 0.717) is 5.75 Å². The number of likely N-dealkylation sites (N-methyl/N-ethyl adjacent to an activating group) is 1. The number of carbonyl (C=O) groups excluding carboxylic acids is 1. The summed E-state index contributed by atoms with van der Waals surface area (Å²) in [7, 11) is 1.78. The first kappa shape index (κ1) is 19.6. The van der Waals surface area contributed by atoms with Crippen LogP contribution in [0.1, 0.15) is 18.5 Å². The molecule has 1 heterocycles. The Bertz CT molecular complexity index is 914. The lowest BCUT2D eigenvalue weighted by atomic mass is 10.1. The van der Waals surface area contributed by atoms with E-state index in [9.17, 15) is 4.79 Å². The number of benzene rings is 2.